The maximum Gasteiger partial charge on any atom is 0.243 e. The lowest BCUT2D eigenvalue weighted by Crippen LogP contribution is -2.56. The van der Waals surface area contributed by atoms with E-state index in [1.54, 1.807) is 6.92 Å². The van der Waals surface area contributed by atoms with Gasteiger partial charge in [-0.3, -0.25) is 19.2 Å². The first-order chi connectivity index (χ1) is 12.9. The molecule has 3 atom stereocenters. The van der Waals surface area contributed by atoms with Crippen LogP contribution in [0.2, 0.25) is 0 Å². The van der Waals surface area contributed by atoms with Gasteiger partial charge in [0, 0.05) is 19.5 Å². The van der Waals surface area contributed by atoms with E-state index in [4.69, 9.17) is 5.73 Å². The van der Waals surface area contributed by atoms with Gasteiger partial charge in [0.2, 0.25) is 23.6 Å². The summed E-state index contributed by atoms with van der Waals surface area (Å²) in [5.74, 6) is -1.34. The van der Waals surface area contributed by atoms with Crippen molar-refractivity contribution in [2.45, 2.75) is 71.6 Å². The van der Waals surface area contributed by atoms with Crippen molar-refractivity contribution in [3.63, 3.8) is 0 Å². The summed E-state index contributed by atoms with van der Waals surface area (Å²) in [5.41, 5.74) is 5.44. The second-order valence-corrected chi connectivity index (χ2v) is 6.97. The minimum absolute atomic E-state index is 0.0590. The van der Waals surface area contributed by atoms with Crippen LogP contribution >= 0.6 is 0 Å². The van der Waals surface area contributed by atoms with Crippen LogP contribution in [0, 0.1) is 0 Å². The lowest BCUT2D eigenvalue weighted by molar-refractivity contribution is -0.133. The molecule has 28 heavy (non-hydrogen) atoms. The van der Waals surface area contributed by atoms with Gasteiger partial charge in [-0.2, -0.15) is 0 Å². The summed E-state index contributed by atoms with van der Waals surface area (Å²) in [6, 6.07) is -2.48. The second kappa shape index (κ2) is 12.6. The molecule has 0 aliphatic heterocycles. The molecule has 7 N–H and O–H groups in total. The zero-order valence-corrected chi connectivity index (χ0v) is 17.3. The third-order valence-corrected chi connectivity index (χ3v) is 3.65. The first kappa shape index (κ1) is 25.2. The maximum atomic E-state index is 12.6. The lowest BCUT2D eigenvalue weighted by atomic mass is 10.1. The second-order valence-electron chi connectivity index (χ2n) is 6.97. The third-order valence-electron chi connectivity index (χ3n) is 3.65. The van der Waals surface area contributed by atoms with Crippen molar-refractivity contribution in [3.05, 3.63) is 12.4 Å². The van der Waals surface area contributed by atoms with Gasteiger partial charge < -0.3 is 32.3 Å². The van der Waals surface area contributed by atoms with Gasteiger partial charge in [0.05, 0.1) is 5.82 Å². The van der Waals surface area contributed by atoms with Crippen LogP contribution in [0.5, 0.6) is 0 Å². The highest BCUT2D eigenvalue weighted by Gasteiger charge is 2.26. The van der Waals surface area contributed by atoms with Crippen LogP contribution in [-0.2, 0) is 19.2 Å². The van der Waals surface area contributed by atoms with Crippen molar-refractivity contribution in [2.24, 2.45) is 5.73 Å². The van der Waals surface area contributed by atoms with Crippen molar-refractivity contribution < 1.29 is 19.2 Å². The van der Waals surface area contributed by atoms with E-state index in [9.17, 15) is 19.2 Å². The number of amides is 4. The SMILES string of the molecule is C=C(N)NCCC[C@H](NC(=O)[C@H](C)NC(C)=O)C(=O)N[C@@H](C)C(=O)NC(C)C. The van der Waals surface area contributed by atoms with Crippen LogP contribution < -0.4 is 32.3 Å². The van der Waals surface area contributed by atoms with Crippen molar-refractivity contribution in [3.8, 4) is 0 Å². The predicted octanol–water partition coefficient (Wildman–Crippen LogP) is -1.18. The molecule has 10 nitrogen and oxygen atoms in total. The fraction of sp³-hybridized carbons (Fsp3) is 0.667. The number of carbonyl (C=O) groups is 4. The molecule has 0 aliphatic rings. The van der Waals surface area contributed by atoms with E-state index >= 15 is 0 Å². The molecule has 0 aromatic rings. The molecule has 0 rings (SSSR count). The van der Waals surface area contributed by atoms with Gasteiger partial charge in [-0.1, -0.05) is 6.58 Å². The average Bonchev–Trinajstić information content (AvgIpc) is 2.55. The highest BCUT2D eigenvalue weighted by Crippen LogP contribution is 2.00. The summed E-state index contributed by atoms with van der Waals surface area (Å²) in [6.45, 7) is 12.0. The molecule has 160 valence electrons. The van der Waals surface area contributed by atoms with Gasteiger partial charge in [-0.05, 0) is 40.5 Å². The Hall–Kier alpha value is -2.78. The molecular weight excluding hydrogens is 364 g/mol. The van der Waals surface area contributed by atoms with Gasteiger partial charge >= 0.3 is 0 Å². The number of carbonyl (C=O) groups excluding carboxylic acids is 4. The van der Waals surface area contributed by atoms with Crippen LogP contribution in [0.25, 0.3) is 0 Å². The molecule has 0 aromatic carbocycles. The molecule has 4 amide bonds. The molecule has 0 saturated heterocycles. The minimum Gasteiger partial charge on any atom is -0.386 e. The molecule has 0 aromatic heterocycles. The normalized spacial score (nSPS) is 13.6. The van der Waals surface area contributed by atoms with E-state index in [0.29, 0.717) is 25.2 Å². The molecular formula is C18H34N6O4. The fourth-order valence-electron chi connectivity index (χ4n) is 2.28. The maximum absolute atomic E-state index is 12.6. The quantitative estimate of drug-likeness (QED) is 0.228. The number of nitrogens with two attached hydrogens (primary N) is 1. The molecule has 0 fully saturated rings. The highest BCUT2D eigenvalue weighted by molar-refractivity contribution is 5.93. The zero-order valence-electron chi connectivity index (χ0n) is 17.3. The summed E-state index contributed by atoms with van der Waals surface area (Å²) in [6.07, 6.45) is 0.832. The topological polar surface area (TPSA) is 154 Å². The Kier molecular flexibility index (Phi) is 11.3. The van der Waals surface area contributed by atoms with Gasteiger partial charge in [0.15, 0.2) is 0 Å². The van der Waals surface area contributed by atoms with E-state index < -0.39 is 29.9 Å². The van der Waals surface area contributed by atoms with Gasteiger partial charge in [0.25, 0.3) is 0 Å². The largest absolute Gasteiger partial charge is 0.386 e. The summed E-state index contributed by atoms with van der Waals surface area (Å²) in [4.78, 5) is 48.0. The Balaban J connectivity index is 4.96. The summed E-state index contributed by atoms with van der Waals surface area (Å²) < 4.78 is 0. The number of rotatable bonds is 12. The fourth-order valence-corrected chi connectivity index (χ4v) is 2.28. The Morgan fingerprint density at radius 2 is 1.39 bits per heavy atom. The standard InChI is InChI=1S/C18H34N6O4/c1-10(2)21-16(26)12(4)23-18(28)15(8-7-9-20-13(5)19)24-17(27)11(3)22-14(6)25/h10-12,15,20H,5,7-9,19H2,1-4,6H3,(H,21,26)(H,22,25)(H,23,28)(H,24,27)/t11-,12-,15-/m0/s1. The van der Waals surface area contributed by atoms with Gasteiger partial charge in [-0.25, -0.2) is 0 Å². The van der Waals surface area contributed by atoms with Gasteiger partial charge in [0.1, 0.15) is 18.1 Å². The summed E-state index contributed by atoms with van der Waals surface area (Å²) in [5, 5.41) is 13.2. The molecule has 0 bridgehead atoms. The molecule has 0 unspecified atom stereocenters. The molecule has 0 aliphatic carbocycles. The predicted molar refractivity (Wildman–Crippen MR) is 107 cm³/mol. The monoisotopic (exact) mass is 398 g/mol. The van der Waals surface area contributed by atoms with E-state index in [2.05, 4.69) is 33.2 Å². The lowest BCUT2D eigenvalue weighted by Gasteiger charge is -2.23. The zero-order chi connectivity index (χ0) is 21.9. The Morgan fingerprint density at radius 1 is 0.857 bits per heavy atom. The summed E-state index contributed by atoms with van der Waals surface area (Å²) >= 11 is 0. The number of nitrogens with one attached hydrogen (secondary N) is 5. The van der Waals surface area contributed by atoms with Crippen molar-refractivity contribution in [1.82, 2.24) is 26.6 Å². The number of hydrogen-bond donors (Lipinski definition) is 6. The first-order valence-electron chi connectivity index (χ1n) is 9.30. The first-order valence-corrected chi connectivity index (χ1v) is 9.30. The molecule has 10 heteroatoms. The minimum atomic E-state index is -0.870. The Labute approximate surface area is 166 Å². The molecule has 0 saturated carbocycles. The molecule has 0 radical (unpaired) electrons. The van der Waals surface area contributed by atoms with Gasteiger partial charge in [-0.15, -0.1) is 0 Å². The average molecular weight is 399 g/mol. The van der Waals surface area contributed by atoms with Crippen LogP contribution in [0.15, 0.2) is 12.4 Å². The van der Waals surface area contributed by atoms with E-state index in [-0.39, 0.29) is 17.9 Å². The van der Waals surface area contributed by atoms with Crippen molar-refractivity contribution >= 4 is 23.6 Å². The van der Waals surface area contributed by atoms with E-state index in [0.717, 1.165) is 0 Å². The van der Waals surface area contributed by atoms with E-state index in [1.807, 2.05) is 13.8 Å². The highest BCUT2D eigenvalue weighted by atomic mass is 16.2. The smallest absolute Gasteiger partial charge is 0.243 e. The van der Waals surface area contributed by atoms with Crippen LogP contribution in [-0.4, -0.2) is 54.3 Å². The summed E-state index contributed by atoms with van der Waals surface area (Å²) in [7, 11) is 0. The van der Waals surface area contributed by atoms with Crippen molar-refractivity contribution in [2.75, 3.05) is 6.54 Å². The Morgan fingerprint density at radius 3 is 1.89 bits per heavy atom. The van der Waals surface area contributed by atoms with Crippen LogP contribution in [0.4, 0.5) is 0 Å². The number of hydrogen-bond acceptors (Lipinski definition) is 6. The van der Waals surface area contributed by atoms with Crippen LogP contribution in [0.1, 0.15) is 47.5 Å². The van der Waals surface area contributed by atoms with E-state index in [1.165, 1.54) is 13.8 Å². The molecule has 0 heterocycles. The van der Waals surface area contributed by atoms with Crippen LogP contribution in [0.3, 0.4) is 0 Å². The van der Waals surface area contributed by atoms with Crippen molar-refractivity contribution in [1.29, 1.82) is 0 Å². The molecule has 0 spiro atoms. The third kappa shape index (κ3) is 11.0. The Bertz CT molecular complexity index is 578.